The smallest absolute Gasteiger partial charge is 0.225 e. The lowest BCUT2D eigenvalue weighted by atomic mass is 9.95. The minimum atomic E-state index is -1.95. The van der Waals surface area contributed by atoms with Gasteiger partial charge in [-0.05, 0) is 43.6 Å². The van der Waals surface area contributed by atoms with E-state index in [1.807, 2.05) is 18.2 Å². The van der Waals surface area contributed by atoms with Gasteiger partial charge >= 0.3 is 0 Å². The molecule has 0 radical (unpaired) electrons. The molecular formula is C29H44ClN5O3Si. The third kappa shape index (κ3) is 7.96. The Hall–Kier alpha value is -2.62. The van der Waals surface area contributed by atoms with Gasteiger partial charge in [-0.2, -0.15) is 4.98 Å². The molecule has 2 heterocycles. The number of nitrogens with zero attached hydrogens (tertiary/aromatic N) is 3. The van der Waals surface area contributed by atoms with Gasteiger partial charge in [0.05, 0.1) is 37.3 Å². The Kier molecular flexibility index (Phi) is 10.1. The van der Waals surface area contributed by atoms with E-state index in [4.69, 9.17) is 35.5 Å². The SMILES string of the molecule is CCCC[C@](C)(CO[Si](C)(C)C(C)(C)C)Nc1nc(NCc2ccc(OC)cc2OC)nc2cc(Cl)ncc12. The molecule has 0 saturated carbocycles. The zero-order chi connectivity index (χ0) is 28.8. The minimum absolute atomic E-state index is 0.126. The van der Waals surface area contributed by atoms with Crippen molar-refractivity contribution in [3.8, 4) is 11.5 Å². The number of halogens is 1. The number of unbranched alkanes of at least 4 members (excludes halogenated alkanes) is 1. The normalized spacial score (nSPS) is 13.7. The summed E-state index contributed by atoms with van der Waals surface area (Å²) in [6, 6.07) is 7.49. The lowest BCUT2D eigenvalue weighted by molar-refractivity contribution is 0.214. The lowest BCUT2D eigenvalue weighted by Gasteiger charge is -2.40. The number of benzene rings is 1. The summed E-state index contributed by atoms with van der Waals surface area (Å²) in [5.41, 5.74) is 1.34. The molecule has 39 heavy (non-hydrogen) atoms. The molecule has 8 nitrogen and oxygen atoms in total. The molecule has 0 aliphatic carbocycles. The molecule has 0 unspecified atom stereocenters. The molecule has 10 heteroatoms. The first-order valence-corrected chi connectivity index (χ1v) is 16.8. The van der Waals surface area contributed by atoms with Gasteiger partial charge in [-0.3, -0.25) is 0 Å². The number of aromatic nitrogens is 3. The van der Waals surface area contributed by atoms with E-state index >= 15 is 0 Å². The minimum Gasteiger partial charge on any atom is -0.497 e. The molecule has 0 bridgehead atoms. The van der Waals surface area contributed by atoms with E-state index in [9.17, 15) is 0 Å². The van der Waals surface area contributed by atoms with E-state index in [0.717, 1.165) is 41.7 Å². The number of rotatable bonds is 13. The molecule has 0 fully saturated rings. The highest BCUT2D eigenvalue weighted by molar-refractivity contribution is 6.74. The molecule has 0 aliphatic heterocycles. The molecule has 0 saturated heterocycles. The highest BCUT2D eigenvalue weighted by Crippen LogP contribution is 2.38. The number of hydrogen-bond donors (Lipinski definition) is 2. The van der Waals surface area contributed by atoms with Crippen LogP contribution in [-0.4, -0.2) is 49.6 Å². The van der Waals surface area contributed by atoms with Gasteiger partial charge < -0.3 is 24.5 Å². The molecule has 1 aromatic carbocycles. The van der Waals surface area contributed by atoms with Crippen molar-refractivity contribution in [3.05, 3.63) is 41.2 Å². The summed E-state index contributed by atoms with van der Waals surface area (Å²) in [5.74, 6) is 2.64. The number of fused-ring (bicyclic) bond motifs is 1. The Morgan fingerprint density at radius 3 is 2.41 bits per heavy atom. The van der Waals surface area contributed by atoms with Crippen molar-refractivity contribution in [2.45, 2.75) is 84.1 Å². The van der Waals surface area contributed by atoms with Gasteiger partial charge in [0, 0.05) is 30.4 Å². The molecular weight excluding hydrogens is 530 g/mol. The van der Waals surface area contributed by atoms with Crippen molar-refractivity contribution in [1.82, 2.24) is 15.0 Å². The highest BCUT2D eigenvalue weighted by atomic mass is 35.5. The summed E-state index contributed by atoms with van der Waals surface area (Å²) >= 11 is 6.25. The Morgan fingerprint density at radius 2 is 1.77 bits per heavy atom. The van der Waals surface area contributed by atoms with E-state index in [-0.39, 0.29) is 10.6 Å². The summed E-state index contributed by atoms with van der Waals surface area (Å²) < 4.78 is 17.6. The quantitative estimate of drug-likeness (QED) is 0.159. The summed E-state index contributed by atoms with van der Waals surface area (Å²) in [6.45, 7) is 16.8. The first-order chi connectivity index (χ1) is 18.3. The summed E-state index contributed by atoms with van der Waals surface area (Å²) in [5, 5.41) is 8.41. The fourth-order valence-electron chi connectivity index (χ4n) is 3.93. The number of methoxy groups -OCH3 is 2. The van der Waals surface area contributed by atoms with Crippen LogP contribution in [0.5, 0.6) is 11.5 Å². The van der Waals surface area contributed by atoms with E-state index in [0.29, 0.717) is 35.6 Å². The first-order valence-electron chi connectivity index (χ1n) is 13.5. The van der Waals surface area contributed by atoms with Gasteiger partial charge in [-0.1, -0.05) is 52.1 Å². The van der Waals surface area contributed by atoms with Crippen LogP contribution in [0.4, 0.5) is 11.8 Å². The number of hydrogen-bond acceptors (Lipinski definition) is 8. The molecule has 0 aliphatic rings. The van der Waals surface area contributed by atoms with Crippen LogP contribution in [0.25, 0.3) is 10.9 Å². The van der Waals surface area contributed by atoms with Crippen LogP contribution in [0.1, 0.15) is 59.4 Å². The van der Waals surface area contributed by atoms with Crippen molar-refractivity contribution >= 4 is 42.6 Å². The molecule has 2 N–H and O–H groups in total. The molecule has 0 spiro atoms. The molecule has 3 aromatic rings. The maximum absolute atomic E-state index is 6.70. The topological polar surface area (TPSA) is 90.4 Å². The molecule has 1 atom stereocenters. The van der Waals surface area contributed by atoms with Crippen LogP contribution in [0.3, 0.4) is 0 Å². The van der Waals surface area contributed by atoms with Gasteiger partial charge in [-0.25, -0.2) is 9.97 Å². The number of ether oxygens (including phenoxy) is 2. The third-order valence-electron chi connectivity index (χ3n) is 7.54. The Balaban J connectivity index is 1.94. The fourth-order valence-corrected chi connectivity index (χ4v) is 5.19. The highest BCUT2D eigenvalue weighted by Gasteiger charge is 2.39. The fraction of sp³-hybridized carbons (Fsp3) is 0.552. The molecule has 214 valence electrons. The average molecular weight is 574 g/mol. The van der Waals surface area contributed by atoms with E-state index in [2.05, 4.69) is 63.3 Å². The largest absolute Gasteiger partial charge is 0.497 e. The number of anilines is 2. The third-order valence-corrected chi connectivity index (χ3v) is 12.2. The van der Waals surface area contributed by atoms with Crippen LogP contribution >= 0.6 is 11.6 Å². The monoisotopic (exact) mass is 573 g/mol. The second kappa shape index (κ2) is 12.7. The zero-order valence-corrected chi connectivity index (χ0v) is 26.6. The van der Waals surface area contributed by atoms with Gasteiger partial charge in [0.1, 0.15) is 22.5 Å². The molecule has 0 amide bonds. The van der Waals surface area contributed by atoms with E-state index in [1.54, 1.807) is 26.5 Å². The molecule has 2 aromatic heterocycles. The predicted octanol–water partition coefficient (Wildman–Crippen LogP) is 7.69. The number of pyridine rings is 1. The summed E-state index contributed by atoms with van der Waals surface area (Å²) in [4.78, 5) is 13.9. The van der Waals surface area contributed by atoms with Gasteiger partial charge in [0.15, 0.2) is 8.32 Å². The van der Waals surface area contributed by atoms with Gasteiger partial charge in [0.25, 0.3) is 0 Å². The van der Waals surface area contributed by atoms with E-state index < -0.39 is 8.32 Å². The van der Waals surface area contributed by atoms with Crippen LogP contribution in [-0.2, 0) is 11.0 Å². The Labute approximate surface area is 239 Å². The predicted molar refractivity (Wildman–Crippen MR) is 164 cm³/mol. The Bertz CT molecular complexity index is 1270. The van der Waals surface area contributed by atoms with Crippen LogP contribution in [0.2, 0.25) is 23.3 Å². The van der Waals surface area contributed by atoms with Crippen molar-refractivity contribution < 1.29 is 13.9 Å². The van der Waals surface area contributed by atoms with Crippen molar-refractivity contribution in [2.24, 2.45) is 0 Å². The summed E-state index contributed by atoms with van der Waals surface area (Å²) in [7, 11) is 1.33. The maximum atomic E-state index is 6.70. The second-order valence-corrected chi connectivity index (χ2v) is 17.0. The van der Waals surface area contributed by atoms with E-state index in [1.165, 1.54) is 0 Å². The summed E-state index contributed by atoms with van der Waals surface area (Å²) in [6.07, 6.45) is 4.83. The van der Waals surface area contributed by atoms with Gasteiger partial charge in [-0.15, -0.1) is 0 Å². The molecule has 3 rings (SSSR count). The van der Waals surface area contributed by atoms with Crippen molar-refractivity contribution in [1.29, 1.82) is 0 Å². The zero-order valence-electron chi connectivity index (χ0n) is 24.9. The van der Waals surface area contributed by atoms with Crippen LogP contribution < -0.4 is 20.1 Å². The second-order valence-electron chi connectivity index (χ2n) is 11.8. The average Bonchev–Trinajstić information content (AvgIpc) is 2.88. The first kappa shape index (κ1) is 30.9. The van der Waals surface area contributed by atoms with Gasteiger partial charge in [0.2, 0.25) is 5.95 Å². The lowest BCUT2D eigenvalue weighted by Crippen LogP contribution is -2.48. The van der Waals surface area contributed by atoms with Crippen molar-refractivity contribution in [2.75, 3.05) is 31.5 Å². The maximum Gasteiger partial charge on any atom is 0.225 e. The number of nitrogens with one attached hydrogen (secondary N) is 2. The van der Waals surface area contributed by atoms with Crippen LogP contribution in [0.15, 0.2) is 30.5 Å². The van der Waals surface area contributed by atoms with Crippen molar-refractivity contribution in [3.63, 3.8) is 0 Å². The Morgan fingerprint density at radius 1 is 1.03 bits per heavy atom. The van der Waals surface area contributed by atoms with Crippen LogP contribution in [0, 0.1) is 0 Å². The standard InChI is InChI=1S/C29H44ClN5O3Si/c1-10-11-14-29(5,19-38-39(8,9)28(2,3)4)35-26-22-18-31-25(30)16-23(22)33-27(34-26)32-17-20-12-13-21(36-6)15-24(20)37-7/h12-13,15-16,18H,10-11,14,17,19H2,1-9H3,(H2,32,33,34,35)/t29-/m1/s1.